The zero-order chi connectivity index (χ0) is 15.5. The molecule has 21 heavy (non-hydrogen) atoms. The number of hydrogen-bond acceptors (Lipinski definition) is 4. The second-order valence-electron chi connectivity index (χ2n) is 6.91. The van der Waals surface area contributed by atoms with Gasteiger partial charge in [0.05, 0.1) is 0 Å². The van der Waals surface area contributed by atoms with Gasteiger partial charge in [0.25, 0.3) is 0 Å². The van der Waals surface area contributed by atoms with E-state index in [4.69, 9.17) is 9.97 Å². The first-order valence-electron chi connectivity index (χ1n) is 8.33. The monoisotopic (exact) mass is 290 g/mol. The van der Waals surface area contributed by atoms with Gasteiger partial charge in [0.1, 0.15) is 17.5 Å². The molecule has 1 aliphatic rings. The fourth-order valence-electron chi connectivity index (χ4n) is 3.14. The van der Waals surface area contributed by atoms with E-state index in [-0.39, 0.29) is 0 Å². The Hall–Kier alpha value is -1.32. The van der Waals surface area contributed by atoms with E-state index in [2.05, 4.69) is 44.8 Å². The predicted molar refractivity (Wildman–Crippen MR) is 90.2 cm³/mol. The van der Waals surface area contributed by atoms with Crippen LogP contribution in [0.25, 0.3) is 0 Å². The molecule has 0 atom stereocenters. The molecule has 1 N–H and O–H groups in total. The molecule has 1 aromatic heterocycles. The Balaban J connectivity index is 2.36. The van der Waals surface area contributed by atoms with Crippen molar-refractivity contribution >= 4 is 11.6 Å². The largest absolute Gasteiger partial charge is 0.370 e. The van der Waals surface area contributed by atoms with Crippen molar-refractivity contribution in [1.82, 2.24) is 9.97 Å². The topological polar surface area (TPSA) is 41.1 Å². The molecule has 2 rings (SSSR count). The summed E-state index contributed by atoms with van der Waals surface area (Å²) in [6.07, 6.45) is 4.58. The van der Waals surface area contributed by atoms with Gasteiger partial charge in [-0.05, 0) is 38.5 Å². The summed E-state index contributed by atoms with van der Waals surface area (Å²) in [5.74, 6) is 3.11. The Kier molecular flexibility index (Phi) is 5.07. The highest BCUT2D eigenvalue weighted by molar-refractivity contribution is 5.59. The molecule has 0 aromatic carbocycles. The van der Waals surface area contributed by atoms with Gasteiger partial charge < -0.3 is 10.2 Å². The first-order valence-corrected chi connectivity index (χ1v) is 8.33. The zero-order valence-electron chi connectivity index (χ0n) is 14.3. The second kappa shape index (κ2) is 6.63. The van der Waals surface area contributed by atoms with Crippen LogP contribution >= 0.6 is 0 Å². The summed E-state index contributed by atoms with van der Waals surface area (Å²) in [6, 6.07) is 0. The third kappa shape index (κ3) is 3.86. The summed E-state index contributed by atoms with van der Waals surface area (Å²) in [6.45, 7) is 14.2. The maximum absolute atomic E-state index is 4.87. The lowest BCUT2D eigenvalue weighted by molar-refractivity contribution is 0.291. The molecule has 0 aliphatic carbocycles. The summed E-state index contributed by atoms with van der Waals surface area (Å²) < 4.78 is 0. The number of aryl methyl sites for hydroxylation is 1. The van der Waals surface area contributed by atoms with Gasteiger partial charge >= 0.3 is 0 Å². The minimum absolute atomic E-state index is 0.374. The van der Waals surface area contributed by atoms with Gasteiger partial charge in [-0.15, -0.1) is 0 Å². The number of nitrogens with zero attached hydrogens (tertiary/aromatic N) is 3. The van der Waals surface area contributed by atoms with E-state index in [1.807, 2.05) is 0 Å². The lowest BCUT2D eigenvalue weighted by Gasteiger charge is -2.39. The van der Waals surface area contributed by atoms with Gasteiger partial charge in [-0.1, -0.05) is 20.8 Å². The molecule has 0 unspecified atom stereocenters. The van der Waals surface area contributed by atoms with E-state index in [0.717, 1.165) is 49.9 Å². The third-order valence-electron chi connectivity index (χ3n) is 4.18. The van der Waals surface area contributed by atoms with Crippen molar-refractivity contribution in [2.45, 2.75) is 60.3 Å². The van der Waals surface area contributed by atoms with Gasteiger partial charge in [-0.2, -0.15) is 0 Å². The average Bonchev–Trinajstić information content (AvgIpc) is 2.41. The van der Waals surface area contributed by atoms with Crippen LogP contribution in [0.2, 0.25) is 0 Å². The quantitative estimate of drug-likeness (QED) is 0.895. The Morgan fingerprint density at radius 1 is 1.24 bits per heavy atom. The van der Waals surface area contributed by atoms with Crippen LogP contribution in [0.1, 0.15) is 58.3 Å². The number of nitrogens with one attached hydrogen (secondary N) is 1. The highest BCUT2D eigenvalue weighted by Crippen LogP contribution is 2.33. The van der Waals surface area contributed by atoms with Gasteiger partial charge in [0, 0.05) is 31.6 Å². The van der Waals surface area contributed by atoms with Crippen LogP contribution in [-0.4, -0.2) is 29.6 Å². The minimum atomic E-state index is 0.374. The molecule has 0 saturated carbocycles. The molecule has 1 aliphatic heterocycles. The van der Waals surface area contributed by atoms with Crippen LogP contribution in [0.15, 0.2) is 0 Å². The Morgan fingerprint density at radius 2 is 2.00 bits per heavy atom. The standard InChI is InChI=1S/C17H30N4/c1-6-9-14-19-15(18-7-2)13(3)16(20-14)21-11-8-10-17(4,5)12-21/h6-12H2,1-5H3,(H,18,19,20). The average molecular weight is 290 g/mol. The highest BCUT2D eigenvalue weighted by atomic mass is 15.2. The molecule has 118 valence electrons. The molecule has 1 fully saturated rings. The van der Waals surface area contributed by atoms with Gasteiger partial charge in [0.2, 0.25) is 0 Å². The summed E-state index contributed by atoms with van der Waals surface area (Å²) in [4.78, 5) is 12.0. The van der Waals surface area contributed by atoms with E-state index in [1.165, 1.54) is 18.4 Å². The lowest BCUT2D eigenvalue weighted by Crippen LogP contribution is -2.41. The zero-order valence-corrected chi connectivity index (χ0v) is 14.3. The fraction of sp³-hybridized carbons (Fsp3) is 0.765. The second-order valence-corrected chi connectivity index (χ2v) is 6.91. The highest BCUT2D eigenvalue weighted by Gasteiger charge is 2.28. The van der Waals surface area contributed by atoms with Crippen molar-refractivity contribution in [3.05, 3.63) is 11.4 Å². The molecular formula is C17H30N4. The van der Waals surface area contributed by atoms with E-state index in [0.29, 0.717) is 5.41 Å². The van der Waals surface area contributed by atoms with Crippen LogP contribution in [0, 0.1) is 12.3 Å². The molecule has 4 nitrogen and oxygen atoms in total. The number of aromatic nitrogens is 2. The molecule has 1 aromatic rings. The predicted octanol–water partition coefficient (Wildman–Crippen LogP) is 3.80. The van der Waals surface area contributed by atoms with Crippen molar-refractivity contribution < 1.29 is 0 Å². The lowest BCUT2D eigenvalue weighted by atomic mass is 9.84. The molecule has 2 heterocycles. The Bertz CT molecular complexity index is 482. The first kappa shape index (κ1) is 16.1. The molecule has 1 saturated heterocycles. The maximum atomic E-state index is 4.87. The van der Waals surface area contributed by atoms with E-state index < -0.39 is 0 Å². The molecule has 0 bridgehead atoms. The van der Waals surface area contributed by atoms with Crippen LogP contribution in [0.3, 0.4) is 0 Å². The first-order chi connectivity index (χ1) is 9.96. The van der Waals surface area contributed by atoms with Crippen LogP contribution in [0.5, 0.6) is 0 Å². The Labute approximate surface area is 129 Å². The van der Waals surface area contributed by atoms with Crippen molar-refractivity contribution in [1.29, 1.82) is 0 Å². The molecule has 4 heteroatoms. The van der Waals surface area contributed by atoms with Crippen LogP contribution in [-0.2, 0) is 6.42 Å². The van der Waals surface area contributed by atoms with Crippen LogP contribution < -0.4 is 10.2 Å². The summed E-state index contributed by atoms with van der Waals surface area (Å²) in [7, 11) is 0. The maximum Gasteiger partial charge on any atom is 0.137 e. The molecule has 0 amide bonds. The van der Waals surface area contributed by atoms with Gasteiger partial charge in [-0.3, -0.25) is 0 Å². The van der Waals surface area contributed by atoms with Crippen molar-refractivity contribution in [2.75, 3.05) is 29.9 Å². The number of anilines is 2. The van der Waals surface area contributed by atoms with Gasteiger partial charge in [0.15, 0.2) is 0 Å². The fourth-order valence-corrected chi connectivity index (χ4v) is 3.14. The molecule has 0 spiro atoms. The summed E-state index contributed by atoms with van der Waals surface area (Å²) >= 11 is 0. The van der Waals surface area contributed by atoms with Crippen molar-refractivity contribution in [3.8, 4) is 0 Å². The van der Waals surface area contributed by atoms with E-state index >= 15 is 0 Å². The molecule has 0 radical (unpaired) electrons. The van der Waals surface area contributed by atoms with Crippen molar-refractivity contribution in [2.24, 2.45) is 5.41 Å². The van der Waals surface area contributed by atoms with E-state index in [9.17, 15) is 0 Å². The number of piperidine rings is 1. The van der Waals surface area contributed by atoms with Crippen molar-refractivity contribution in [3.63, 3.8) is 0 Å². The molecular weight excluding hydrogens is 260 g/mol. The third-order valence-corrected chi connectivity index (χ3v) is 4.18. The SMILES string of the molecule is CCCc1nc(NCC)c(C)c(N2CCCC(C)(C)C2)n1. The Morgan fingerprint density at radius 3 is 2.62 bits per heavy atom. The summed E-state index contributed by atoms with van der Waals surface area (Å²) in [5, 5.41) is 3.40. The number of rotatable bonds is 5. The summed E-state index contributed by atoms with van der Waals surface area (Å²) in [5.41, 5.74) is 1.56. The van der Waals surface area contributed by atoms with E-state index in [1.54, 1.807) is 0 Å². The number of hydrogen-bond donors (Lipinski definition) is 1. The minimum Gasteiger partial charge on any atom is -0.370 e. The smallest absolute Gasteiger partial charge is 0.137 e. The van der Waals surface area contributed by atoms with Crippen LogP contribution in [0.4, 0.5) is 11.6 Å². The van der Waals surface area contributed by atoms with Gasteiger partial charge in [-0.25, -0.2) is 9.97 Å². The normalized spacial score (nSPS) is 17.9.